The minimum absolute atomic E-state index is 0.000000000000000222. The van der Waals surface area contributed by atoms with Gasteiger partial charge in [-0.3, -0.25) is 0 Å². The maximum atomic E-state index is 12.7. The zero-order chi connectivity index (χ0) is 8.43. The molecule has 1 rings (SSSR count). The number of halogens is 3. The van der Waals surface area contributed by atoms with Crippen molar-refractivity contribution in [2.75, 3.05) is 0 Å². The summed E-state index contributed by atoms with van der Waals surface area (Å²) in [4.78, 5) is 0. The van der Waals surface area contributed by atoms with Crippen LogP contribution in [0.4, 0.5) is 8.78 Å². The largest absolute Gasteiger partial charge is 0.206 e. The second kappa shape index (κ2) is 3.02. The summed E-state index contributed by atoms with van der Waals surface area (Å²) in [6.45, 7) is 0. The van der Waals surface area contributed by atoms with Gasteiger partial charge >= 0.3 is 0 Å². The molecule has 3 heteroatoms. The molecule has 0 aliphatic rings. The molecule has 0 bridgehead atoms. The molecule has 0 saturated carbocycles. The molecule has 0 aliphatic heterocycles. The summed E-state index contributed by atoms with van der Waals surface area (Å²) in [7, 11) is 0. The first-order valence-electron chi connectivity index (χ1n) is 2.77. The van der Waals surface area contributed by atoms with Crippen LogP contribution in [0, 0.1) is 24.0 Å². The minimum Gasteiger partial charge on any atom is -0.206 e. The zero-order valence-corrected chi connectivity index (χ0v) is 6.95. The van der Waals surface area contributed by atoms with Gasteiger partial charge in [-0.25, -0.2) is 8.78 Å². The lowest BCUT2D eigenvalue weighted by molar-refractivity contribution is 0.591. The van der Waals surface area contributed by atoms with Gasteiger partial charge < -0.3 is 0 Å². The molecule has 0 spiro atoms. The average molecular weight is 217 g/mol. The molecule has 0 N–H and O–H groups in total. The van der Waals surface area contributed by atoms with Crippen molar-refractivity contribution in [2.45, 2.75) is 0 Å². The topological polar surface area (TPSA) is 0 Å². The summed E-state index contributed by atoms with van der Waals surface area (Å²) in [5.74, 6) is 0.890. The molecule has 0 saturated heterocycles. The van der Waals surface area contributed by atoms with Gasteiger partial charge in [0.1, 0.15) is 11.6 Å². The summed E-state index contributed by atoms with van der Waals surface area (Å²) in [5, 5.41) is 0. The van der Waals surface area contributed by atoms with E-state index in [0.717, 1.165) is 12.1 Å². The first-order valence-corrected chi connectivity index (χ1v) is 3.56. The predicted octanol–water partition coefficient (Wildman–Crippen LogP) is 2.71. The summed E-state index contributed by atoms with van der Waals surface area (Å²) < 4.78 is 25.3. The fraction of sp³-hybridized carbons (Fsp3) is 0. The standard InChI is InChI=1S/C8H3BrF2/c1-2-5-6(10)3-4-7(11)8(5)9/h1,3-4H. The fourth-order valence-electron chi connectivity index (χ4n) is 0.659. The van der Waals surface area contributed by atoms with Crippen LogP contribution in [0.15, 0.2) is 16.6 Å². The quantitative estimate of drug-likeness (QED) is 0.463. The van der Waals surface area contributed by atoms with Crippen LogP contribution in [-0.4, -0.2) is 0 Å². The van der Waals surface area contributed by atoms with E-state index in [1.807, 2.05) is 5.92 Å². The van der Waals surface area contributed by atoms with Gasteiger partial charge in [0.2, 0.25) is 0 Å². The molecule has 0 fully saturated rings. The Morgan fingerprint density at radius 1 is 1.27 bits per heavy atom. The molecule has 0 nitrogen and oxygen atoms in total. The van der Waals surface area contributed by atoms with Gasteiger partial charge in [-0.05, 0) is 28.1 Å². The average Bonchev–Trinajstić information content (AvgIpc) is 1.99. The molecule has 0 radical (unpaired) electrons. The van der Waals surface area contributed by atoms with Crippen molar-refractivity contribution in [1.29, 1.82) is 0 Å². The summed E-state index contributed by atoms with van der Waals surface area (Å²) >= 11 is 2.83. The Hall–Kier alpha value is -0.880. The Morgan fingerprint density at radius 2 is 1.82 bits per heavy atom. The van der Waals surface area contributed by atoms with Gasteiger partial charge in [-0.2, -0.15) is 0 Å². The van der Waals surface area contributed by atoms with Crippen molar-refractivity contribution in [3.8, 4) is 12.3 Å². The Bertz CT molecular complexity index is 326. The number of terminal acetylenes is 1. The number of rotatable bonds is 0. The molecule has 0 aromatic heterocycles. The van der Waals surface area contributed by atoms with E-state index in [0.29, 0.717) is 0 Å². The van der Waals surface area contributed by atoms with Crippen LogP contribution in [0.3, 0.4) is 0 Å². The normalized spacial score (nSPS) is 9.27. The molecule has 1 aromatic rings. The van der Waals surface area contributed by atoms with Crippen molar-refractivity contribution in [1.82, 2.24) is 0 Å². The SMILES string of the molecule is C#Cc1c(F)ccc(F)c1Br. The fourth-order valence-corrected chi connectivity index (χ4v) is 1.10. The van der Waals surface area contributed by atoms with E-state index in [2.05, 4.69) is 15.9 Å². The van der Waals surface area contributed by atoms with Crippen molar-refractivity contribution in [3.63, 3.8) is 0 Å². The van der Waals surface area contributed by atoms with Crippen LogP contribution in [0.2, 0.25) is 0 Å². The Morgan fingerprint density at radius 3 is 2.27 bits per heavy atom. The van der Waals surface area contributed by atoms with Crippen LogP contribution >= 0.6 is 15.9 Å². The lowest BCUT2D eigenvalue weighted by atomic mass is 10.2. The Kier molecular flexibility index (Phi) is 2.25. The monoisotopic (exact) mass is 216 g/mol. The van der Waals surface area contributed by atoms with Crippen molar-refractivity contribution in [3.05, 3.63) is 33.8 Å². The maximum Gasteiger partial charge on any atom is 0.140 e. The van der Waals surface area contributed by atoms with Crippen LogP contribution in [0.5, 0.6) is 0 Å². The highest BCUT2D eigenvalue weighted by Gasteiger charge is 2.07. The second-order valence-corrected chi connectivity index (χ2v) is 2.66. The highest BCUT2D eigenvalue weighted by atomic mass is 79.9. The van der Waals surface area contributed by atoms with Crippen LogP contribution in [0.25, 0.3) is 0 Å². The smallest absolute Gasteiger partial charge is 0.140 e. The highest BCUT2D eigenvalue weighted by Crippen LogP contribution is 2.21. The van der Waals surface area contributed by atoms with Gasteiger partial charge in [0.25, 0.3) is 0 Å². The third kappa shape index (κ3) is 1.41. The van der Waals surface area contributed by atoms with E-state index in [1.54, 1.807) is 0 Å². The number of hydrogen-bond acceptors (Lipinski definition) is 0. The second-order valence-electron chi connectivity index (χ2n) is 1.86. The van der Waals surface area contributed by atoms with E-state index in [9.17, 15) is 8.78 Å². The van der Waals surface area contributed by atoms with E-state index >= 15 is 0 Å². The maximum absolute atomic E-state index is 12.7. The third-order valence-corrected chi connectivity index (χ3v) is 1.96. The van der Waals surface area contributed by atoms with E-state index in [1.165, 1.54) is 0 Å². The zero-order valence-electron chi connectivity index (χ0n) is 5.37. The minimum atomic E-state index is -0.597. The molecule has 1 aromatic carbocycles. The molecule has 11 heavy (non-hydrogen) atoms. The summed E-state index contributed by atoms with van der Waals surface area (Å²) in [6.07, 6.45) is 4.93. The lowest BCUT2D eigenvalue weighted by Gasteiger charge is -1.98. The van der Waals surface area contributed by atoms with E-state index in [4.69, 9.17) is 6.42 Å². The van der Waals surface area contributed by atoms with Crippen LogP contribution < -0.4 is 0 Å². The number of benzene rings is 1. The van der Waals surface area contributed by atoms with Crippen molar-refractivity contribution >= 4 is 15.9 Å². The molecule has 56 valence electrons. The lowest BCUT2D eigenvalue weighted by Crippen LogP contribution is -1.88. The van der Waals surface area contributed by atoms with Crippen LogP contribution in [-0.2, 0) is 0 Å². The molecular formula is C8H3BrF2. The molecule has 0 aliphatic carbocycles. The molecule has 0 atom stereocenters. The summed E-state index contributed by atoms with van der Waals surface area (Å²) in [5.41, 5.74) is -0.0787. The van der Waals surface area contributed by atoms with E-state index in [-0.39, 0.29) is 10.0 Å². The first-order chi connectivity index (χ1) is 5.16. The van der Waals surface area contributed by atoms with Gasteiger partial charge in [0.15, 0.2) is 0 Å². The third-order valence-electron chi connectivity index (χ3n) is 1.19. The highest BCUT2D eigenvalue weighted by molar-refractivity contribution is 9.10. The first kappa shape index (κ1) is 8.22. The molecule has 0 heterocycles. The van der Waals surface area contributed by atoms with E-state index < -0.39 is 11.6 Å². The summed E-state index contributed by atoms with van der Waals surface area (Å²) in [6, 6.07) is 2.01. The van der Waals surface area contributed by atoms with Gasteiger partial charge in [-0.15, -0.1) is 6.42 Å². The van der Waals surface area contributed by atoms with Crippen molar-refractivity contribution in [2.24, 2.45) is 0 Å². The van der Waals surface area contributed by atoms with Gasteiger partial charge in [0.05, 0.1) is 10.0 Å². The molecule has 0 amide bonds. The van der Waals surface area contributed by atoms with Gasteiger partial charge in [0, 0.05) is 0 Å². The Balaban J connectivity index is 3.44. The molecular weight excluding hydrogens is 214 g/mol. The predicted molar refractivity (Wildman–Crippen MR) is 42.0 cm³/mol. The van der Waals surface area contributed by atoms with Gasteiger partial charge in [-0.1, -0.05) is 5.92 Å². The number of hydrogen-bond donors (Lipinski definition) is 0. The van der Waals surface area contributed by atoms with Crippen molar-refractivity contribution < 1.29 is 8.78 Å². The molecule has 0 unspecified atom stereocenters. The Labute approximate surface area is 71.4 Å². The van der Waals surface area contributed by atoms with Crippen LogP contribution in [0.1, 0.15) is 5.56 Å².